The largest absolute Gasteiger partial charge is 0.352 e. The van der Waals surface area contributed by atoms with Crippen molar-refractivity contribution in [2.24, 2.45) is 0 Å². The molecule has 1 aromatic carbocycles. The van der Waals surface area contributed by atoms with Gasteiger partial charge in [0.25, 0.3) is 5.91 Å². The van der Waals surface area contributed by atoms with Crippen LogP contribution in [0.2, 0.25) is 0 Å². The smallest absolute Gasteiger partial charge is 0.251 e. The molecule has 0 radical (unpaired) electrons. The zero-order valence-corrected chi connectivity index (χ0v) is 12.7. The van der Waals surface area contributed by atoms with Crippen LogP contribution >= 0.6 is 0 Å². The first-order chi connectivity index (χ1) is 10.1. The Morgan fingerprint density at radius 3 is 2.48 bits per heavy atom. The summed E-state index contributed by atoms with van der Waals surface area (Å²) in [5.74, 6) is -0.0916. The van der Waals surface area contributed by atoms with Gasteiger partial charge < -0.3 is 16.0 Å². The lowest BCUT2D eigenvalue weighted by molar-refractivity contribution is -0.122. The van der Waals surface area contributed by atoms with E-state index < -0.39 is 5.54 Å². The Labute approximate surface area is 125 Å². The van der Waals surface area contributed by atoms with Crippen LogP contribution in [0.5, 0.6) is 0 Å². The van der Waals surface area contributed by atoms with Crippen LogP contribution in [0.3, 0.4) is 0 Å². The third kappa shape index (κ3) is 3.42. The summed E-state index contributed by atoms with van der Waals surface area (Å²) in [4.78, 5) is 24.1. The number of carbonyl (C=O) groups excluding carboxylic acids is 2. The first-order valence-corrected chi connectivity index (χ1v) is 7.56. The van der Waals surface area contributed by atoms with E-state index in [4.69, 9.17) is 0 Å². The molecule has 5 heteroatoms. The van der Waals surface area contributed by atoms with Gasteiger partial charge in [0, 0.05) is 17.8 Å². The van der Waals surface area contributed by atoms with E-state index in [1.54, 1.807) is 24.3 Å². The molecule has 2 amide bonds. The molecule has 1 unspecified atom stereocenters. The third-order valence-electron chi connectivity index (χ3n) is 4.02. The number of benzene rings is 1. The number of hydrogen-bond acceptors (Lipinski definition) is 3. The van der Waals surface area contributed by atoms with Crippen LogP contribution in [-0.4, -0.2) is 30.4 Å². The fraction of sp³-hybridized carbons (Fsp3) is 0.500. The topological polar surface area (TPSA) is 70.2 Å². The lowest BCUT2D eigenvalue weighted by Gasteiger charge is -2.26. The van der Waals surface area contributed by atoms with Gasteiger partial charge in [-0.15, -0.1) is 0 Å². The monoisotopic (exact) mass is 289 g/mol. The van der Waals surface area contributed by atoms with E-state index in [2.05, 4.69) is 16.0 Å². The van der Waals surface area contributed by atoms with Gasteiger partial charge in [0.2, 0.25) is 5.91 Å². The average molecular weight is 289 g/mol. The van der Waals surface area contributed by atoms with E-state index in [9.17, 15) is 9.59 Å². The summed E-state index contributed by atoms with van der Waals surface area (Å²) in [6.45, 7) is 5.39. The van der Waals surface area contributed by atoms with Gasteiger partial charge >= 0.3 is 0 Å². The number of nitrogens with one attached hydrogen (secondary N) is 3. The fourth-order valence-electron chi connectivity index (χ4n) is 2.68. The average Bonchev–Trinajstić information content (AvgIpc) is 2.98. The van der Waals surface area contributed by atoms with Crippen LogP contribution in [0, 0.1) is 0 Å². The van der Waals surface area contributed by atoms with E-state index in [1.807, 2.05) is 13.8 Å². The van der Waals surface area contributed by atoms with Gasteiger partial charge in [0.05, 0.1) is 5.54 Å². The number of amides is 2. The van der Waals surface area contributed by atoms with Crippen molar-refractivity contribution in [1.82, 2.24) is 10.6 Å². The Hall–Kier alpha value is -1.88. The zero-order chi connectivity index (χ0) is 15.3. The van der Waals surface area contributed by atoms with Crippen molar-refractivity contribution < 1.29 is 9.59 Å². The Balaban J connectivity index is 2.03. The first kappa shape index (κ1) is 15.5. The third-order valence-corrected chi connectivity index (χ3v) is 4.02. The summed E-state index contributed by atoms with van der Waals surface area (Å²) in [5.41, 5.74) is 0.867. The molecule has 0 bridgehead atoms. The van der Waals surface area contributed by atoms with Gasteiger partial charge in [0.1, 0.15) is 0 Å². The molecule has 2 rings (SSSR count). The normalized spacial score (nSPS) is 21.0. The molecule has 5 nitrogen and oxygen atoms in total. The molecule has 1 aliphatic rings. The lowest BCUT2D eigenvalue weighted by atomic mass is 9.93. The molecule has 0 aromatic heterocycles. The van der Waals surface area contributed by atoms with Crippen molar-refractivity contribution >= 4 is 17.5 Å². The Morgan fingerprint density at radius 2 is 1.95 bits per heavy atom. The van der Waals surface area contributed by atoms with E-state index in [1.165, 1.54) is 0 Å². The predicted octanol–water partition coefficient (Wildman–Crippen LogP) is 1.91. The van der Waals surface area contributed by atoms with Gasteiger partial charge in [-0.1, -0.05) is 6.92 Å². The lowest BCUT2D eigenvalue weighted by Crippen LogP contribution is -2.50. The molecular formula is C16H23N3O2. The molecule has 1 saturated heterocycles. The highest BCUT2D eigenvalue weighted by atomic mass is 16.2. The highest BCUT2D eigenvalue weighted by Crippen LogP contribution is 2.25. The van der Waals surface area contributed by atoms with Crippen LogP contribution in [0.25, 0.3) is 0 Å². The highest BCUT2D eigenvalue weighted by Gasteiger charge is 2.38. The predicted molar refractivity (Wildman–Crippen MR) is 83.3 cm³/mol. The molecule has 1 aromatic rings. The fourth-order valence-corrected chi connectivity index (χ4v) is 2.68. The second-order valence-corrected chi connectivity index (χ2v) is 5.36. The number of hydrogen-bond donors (Lipinski definition) is 3. The number of anilines is 1. The van der Waals surface area contributed by atoms with Gasteiger partial charge in [-0.05, 0) is 57.0 Å². The Morgan fingerprint density at radius 1 is 1.24 bits per heavy atom. The summed E-state index contributed by atoms with van der Waals surface area (Å²) in [7, 11) is 0. The van der Waals surface area contributed by atoms with Gasteiger partial charge in [-0.25, -0.2) is 0 Å². The standard InChI is InChI=1S/C16H23N3O2/c1-3-16(10-5-11-18-16)15(21)19-13-8-6-12(7-9-13)14(20)17-4-2/h6-9,18H,3-5,10-11H2,1-2H3,(H,17,20)(H,19,21). The Kier molecular flexibility index (Phi) is 4.96. The zero-order valence-electron chi connectivity index (χ0n) is 12.7. The van der Waals surface area contributed by atoms with E-state index in [-0.39, 0.29) is 11.8 Å². The Bertz CT molecular complexity index is 505. The van der Waals surface area contributed by atoms with Crippen molar-refractivity contribution in [3.05, 3.63) is 29.8 Å². The van der Waals surface area contributed by atoms with Crippen LogP contribution in [0.1, 0.15) is 43.5 Å². The minimum absolute atomic E-state index is 0.00765. The molecule has 0 saturated carbocycles. The number of carbonyl (C=O) groups is 2. The van der Waals surface area contributed by atoms with E-state index in [0.29, 0.717) is 12.1 Å². The van der Waals surface area contributed by atoms with Crippen LogP contribution < -0.4 is 16.0 Å². The highest BCUT2D eigenvalue weighted by molar-refractivity contribution is 5.99. The maximum atomic E-state index is 12.4. The van der Waals surface area contributed by atoms with Crippen LogP contribution in [0.4, 0.5) is 5.69 Å². The summed E-state index contributed by atoms with van der Waals surface area (Å²) in [6, 6.07) is 6.98. The minimum atomic E-state index is -0.446. The first-order valence-electron chi connectivity index (χ1n) is 7.56. The number of rotatable bonds is 5. The molecule has 3 N–H and O–H groups in total. The second kappa shape index (κ2) is 6.72. The molecule has 21 heavy (non-hydrogen) atoms. The quantitative estimate of drug-likeness (QED) is 0.775. The van der Waals surface area contributed by atoms with E-state index >= 15 is 0 Å². The summed E-state index contributed by atoms with van der Waals surface area (Å²) in [6.07, 6.45) is 2.67. The summed E-state index contributed by atoms with van der Waals surface area (Å²) in [5, 5.41) is 9.00. The molecule has 114 valence electrons. The van der Waals surface area contributed by atoms with Gasteiger partial charge in [-0.2, -0.15) is 0 Å². The minimum Gasteiger partial charge on any atom is -0.352 e. The van der Waals surface area contributed by atoms with Crippen molar-refractivity contribution in [3.8, 4) is 0 Å². The molecule has 0 spiro atoms. The van der Waals surface area contributed by atoms with Crippen LogP contribution in [0.15, 0.2) is 24.3 Å². The van der Waals surface area contributed by atoms with Crippen LogP contribution in [-0.2, 0) is 4.79 Å². The maximum Gasteiger partial charge on any atom is 0.251 e. The molecule has 1 aliphatic heterocycles. The molecule has 0 aliphatic carbocycles. The molecular weight excluding hydrogens is 266 g/mol. The van der Waals surface area contributed by atoms with Crippen molar-refractivity contribution in [3.63, 3.8) is 0 Å². The molecule has 1 heterocycles. The summed E-state index contributed by atoms with van der Waals surface area (Å²) >= 11 is 0. The molecule has 1 fully saturated rings. The van der Waals surface area contributed by atoms with Gasteiger partial charge in [0.15, 0.2) is 0 Å². The van der Waals surface area contributed by atoms with Gasteiger partial charge in [-0.3, -0.25) is 9.59 Å². The van der Waals surface area contributed by atoms with Crippen molar-refractivity contribution in [1.29, 1.82) is 0 Å². The van der Waals surface area contributed by atoms with E-state index in [0.717, 1.165) is 31.5 Å². The summed E-state index contributed by atoms with van der Waals surface area (Å²) < 4.78 is 0. The molecule has 1 atom stereocenters. The maximum absolute atomic E-state index is 12.4. The SMILES string of the molecule is CCNC(=O)c1ccc(NC(=O)C2(CC)CCCN2)cc1. The van der Waals surface area contributed by atoms with Crippen molar-refractivity contribution in [2.75, 3.05) is 18.4 Å². The second-order valence-electron chi connectivity index (χ2n) is 5.36. The van der Waals surface area contributed by atoms with Crippen molar-refractivity contribution in [2.45, 2.75) is 38.6 Å².